The lowest BCUT2D eigenvalue weighted by Crippen LogP contribution is -2.39. The Morgan fingerprint density at radius 2 is 1.38 bits per heavy atom. The van der Waals surface area contributed by atoms with Gasteiger partial charge in [-0.2, -0.15) is 26.3 Å². The van der Waals surface area contributed by atoms with E-state index in [1.807, 2.05) is 0 Å². The minimum Gasteiger partial charge on any atom is -0.507 e. The van der Waals surface area contributed by atoms with E-state index in [9.17, 15) is 50.6 Å². The smallest absolute Gasteiger partial charge is 0.416 e. The van der Waals surface area contributed by atoms with E-state index in [0.717, 1.165) is 0 Å². The first-order valence-corrected chi connectivity index (χ1v) is 14.1. The summed E-state index contributed by atoms with van der Waals surface area (Å²) in [5, 5.41) is 10.4. The molecule has 0 aromatic heterocycles. The van der Waals surface area contributed by atoms with Gasteiger partial charge < -0.3 is 5.11 Å². The SMILES string of the molecule is CC1=CC(=O)C2=C(CC3C(=CCC4C(=O)N(c5cc(C(F)(F)F)cc(C(F)(F)F)c5)C(=O)C43)C2c2cc(C)c(O)c(C)c2)C1=O. The number of anilines is 1. The standard InChI is InChI=1S/C33H25F6NO5/c1-13-6-16(7-14(2)28(13)42)25-20-4-5-21-26(22(20)12-23-27(25)24(41)8-15(3)29(23)43)31(45)40(30(21)44)19-10-17(32(34,35)36)9-18(11-19)33(37,38)39/h4,6-11,21-22,25-26,42H,5,12H2,1-3H3. The van der Waals surface area contributed by atoms with Gasteiger partial charge in [0.05, 0.1) is 28.7 Å². The van der Waals surface area contributed by atoms with Crippen molar-refractivity contribution >= 4 is 29.1 Å². The van der Waals surface area contributed by atoms with Gasteiger partial charge in [-0.15, -0.1) is 0 Å². The molecule has 2 aromatic carbocycles. The fourth-order valence-corrected chi connectivity index (χ4v) is 7.24. The van der Waals surface area contributed by atoms with E-state index in [2.05, 4.69) is 0 Å². The fourth-order valence-electron chi connectivity index (χ4n) is 7.24. The minimum atomic E-state index is -5.19. The number of hydrogen-bond donors (Lipinski definition) is 1. The Bertz CT molecular complexity index is 1770. The lowest BCUT2D eigenvalue weighted by molar-refractivity contribution is -0.143. The highest BCUT2D eigenvalue weighted by molar-refractivity contribution is 6.25. The molecule has 1 fully saturated rings. The average Bonchev–Trinajstić information content (AvgIpc) is 3.21. The van der Waals surface area contributed by atoms with Crippen LogP contribution < -0.4 is 4.90 Å². The summed E-state index contributed by atoms with van der Waals surface area (Å²) >= 11 is 0. The van der Waals surface area contributed by atoms with E-state index in [1.54, 1.807) is 32.1 Å². The van der Waals surface area contributed by atoms with Gasteiger partial charge in [-0.25, -0.2) is 4.90 Å². The topological polar surface area (TPSA) is 91.8 Å². The van der Waals surface area contributed by atoms with E-state index in [1.165, 1.54) is 13.0 Å². The molecule has 0 bridgehead atoms. The normalized spacial score (nSPS) is 25.2. The summed E-state index contributed by atoms with van der Waals surface area (Å²) in [6, 6.07) is 3.93. The van der Waals surface area contributed by atoms with Crippen LogP contribution in [0.5, 0.6) is 5.75 Å². The van der Waals surface area contributed by atoms with Crippen molar-refractivity contribution in [2.24, 2.45) is 17.8 Å². The number of phenols is 1. The van der Waals surface area contributed by atoms with Crippen molar-refractivity contribution in [3.05, 3.63) is 92.6 Å². The van der Waals surface area contributed by atoms with E-state index in [0.29, 0.717) is 39.3 Å². The van der Waals surface area contributed by atoms with Crippen molar-refractivity contribution in [1.29, 1.82) is 0 Å². The molecule has 1 heterocycles. The second-order valence-corrected chi connectivity index (χ2v) is 12.0. The van der Waals surface area contributed by atoms with Crippen molar-refractivity contribution in [2.45, 2.75) is 51.9 Å². The molecule has 45 heavy (non-hydrogen) atoms. The predicted octanol–water partition coefficient (Wildman–Crippen LogP) is 6.68. The van der Waals surface area contributed by atoms with Crippen LogP contribution in [0, 0.1) is 31.6 Å². The number of aromatic hydroxyl groups is 1. The lowest BCUT2D eigenvalue weighted by atomic mass is 9.59. The van der Waals surface area contributed by atoms with E-state index in [4.69, 9.17) is 0 Å². The zero-order chi connectivity index (χ0) is 32.9. The third kappa shape index (κ3) is 4.72. The van der Waals surface area contributed by atoms with Crippen LogP contribution in [0.2, 0.25) is 0 Å². The zero-order valence-electron chi connectivity index (χ0n) is 24.1. The molecule has 3 aliphatic carbocycles. The number of phenolic OH excluding ortho intramolecular Hbond substituents is 1. The number of imide groups is 1. The maximum Gasteiger partial charge on any atom is 0.416 e. The van der Waals surface area contributed by atoms with E-state index in [-0.39, 0.29) is 41.4 Å². The van der Waals surface area contributed by atoms with Crippen LogP contribution >= 0.6 is 0 Å². The molecule has 2 aromatic rings. The molecule has 1 N–H and O–H groups in total. The Morgan fingerprint density at radius 1 is 0.800 bits per heavy atom. The number of hydrogen-bond acceptors (Lipinski definition) is 5. The van der Waals surface area contributed by atoms with E-state index >= 15 is 0 Å². The molecule has 12 heteroatoms. The second-order valence-electron chi connectivity index (χ2n) is 12.0. The fraction of sp³-hybridized carbons (Fsp3) is 0.333. The lowest BCUT2D eigenvalue weighted by Gasteiger charge is -2.42. The highest BCUT2D eigenvalue weighted by Gasteiger charge is 2.57. The van der Waals surface area contributed by atoms with Crippen LogP contribution in [0.4, 0.5) is 32.0 Å². The molecule has 0 saturated carbocycles. The average molecular weight is 630 g/mol. The number of halogens is 6. The van der Waals surface area contributed by atoms with Gasteiger partial charge in [0.2, 0.25) is 11.8 Å². The summed E-state index contributed by atoms with van der Waals surface area (Å²) in [6.07, 6.45) is -7.64. The number of benzene rings is 2. The molecule has 6 rings (SSSR count). The van der Waals surface area contributed by atoms with Crippen LogP contribution in [-0.2, 0) is 31.5 Å². The van der Waals surface area contributed by atoms with Crippen LogP contribution in [0.25, 0.3) is 0 Å². The Hall–Kier alpha value is -4.48. The van der Waals surface area contributed by atoms with Crippen molar-refractivity contribution in [3.63, 3.8) is 0 Å². The van der Waals surface area contributed by atoms with Crippen LogP contribution in [0.3, 0.4) is 0 Å². The number of aryl methyl sites for hydroxylation is 2. The first kappa shape index (κ1) is 30.5. The summed E-state index contributed by atoms with van der Waals surface area (Å²) < 4.78 is 81.8. The number of fused-ring (bicyclic) bond motifs is 3. The Morgan fingerprint density at radius 3 is 1.93 bits per heavy atom. The number of alkyl halides is 6. The van der Waals surface area contributed by atoms with Gasteiger partial charge in [0.15, 0.2) is 11.6 Å². The number of carbonyl (C=O) groups is 4. The summed E-state index contributed by atoms with van der Waals surface area (Å²) in [6.45, 7) is 4.79. The van der Waals surface area contributed by atoms with Gasteiger partial charge in [-0.1, -0.05) is 23.8 Å². The molecule has 1 saturated heterocycles. The minimum absolute atomic E-state index is 0.0336. The highest BCUT2D eigenvalue weighted by Crippen LogP contribution is 2.56. The van der Waals surface area contributed by atoms with Gasteiger partial charge in [0.25, 0.3) is 0 Å². The van der Waals surface area contributed by atoms with Crippen LogP contribution in [0.1, 0.15) is 53.5 Å². The van der Waals surface area contributed by atoms with Gasteiger partial charge in [-0.3, -0.25) is 19.2 Å². The monoisotopic (exact) mass is 629 g/mol. The number of amides is 2. The molecule has 4 aliphatic rings. The van der Waals surface area contributed by atoms with Crippen LogP contribution in [-0.4, -0.2) is 28.5 Å². The third-order valence-corrected chi connectivity index (χ3v) is 9.24. The maximum absolute atomic E-state index is 14.0. The second kappa shape index (κ2) is 10.0. The van der Waals surface area contributed by atoms with Crippen molar-refractivity contribution in [2.75, 3.05) is 4.90 Å². The van der Waals surface area contributed by atoms with Crippen molar-refractivity contribution < 1.29 is 50.6 Å². The molecule has 6 nitrogen and oxygen atoms in total. The summed E-state index contributed by atoms with van der Waals surface area (Å²) in [5.41, 5.74) is -1.55. The molecule has 2 amide bonds. The first-order valence-electron chi connectivity index (χ1n) is 14.1. The number of ketones is 2. The summed E-state index contributed by atoms with van der Waals surface area (Å²) in [4.78, 5) is 54.8. The zero-order valence-corrected chi connectivity index (χ0v) is 24.1. The molecule has 234 valence electrons. The highest BCUT2D eigenvalue weighted by atomic mass is 19.4. The van der Waals surface area contributed by atoms with Gasteiger partial charge >= 0.3 is 12.4 Å². The molecular weight excluding hydrogens is 604 g/mol. The summed E-state index contributed by atoms with van der Waals surface area (Å²) in [7, 11) is 0. The Balaban J connectivity index is 1.49. The number of rotatable bonds is 2. The third-order valence-electron chi connectivity index (χ3n) is 9.24. The molecule has 1 aliphatic heterocycles. The quantitative estimate of drug-likeness (QED) is 0.173. The number of Topliss-reactive ketones (excluding diaryl/α,β-unsaturated/α-hetero) is 1. The first-order chi connectivity index (χ1) is 20.9. The van der Waals surface area contributed by atoms with Gasteiger partial charge in [0, 0.05) is 22.6 Å². The molecule has 0 spiro atoms. The van der Waals surface area contributed by atoms with Gasteiger partial charge in [-0.05, 0) is 80.5 Å². The Labute approximate surface area is 252 Å². The van der Waals surface area contributed by atoms with Crippen LogP contribution in [0.15, 0.2) is 64.8 Å². The molecular formula is C33H25F6NO5. The summed E-state index contributed by atoms with van der Waals surface area (Å²) in [5.74, 6) is -6.71. The number of nitrogens with zero attached hydrogens (tertiary/aromatic N) is 1. The maximum atomic E-state index is 14.0. The molecule has 4 atom stereocenters. The number of carbonyl (C=O) groups excluding carboxylic acids is 4. The Kier molecular flexibility index (Phi) is 6.80. The predicted molar refractivity (Wildman–Crippen MR) is 148 cm³/mol. The van der Waals surface area contributed by atoms with Crippen molar-refractivity contribution in [1.82, 2.24) is 0 Å². The number of allylic oxidation sites excluding steroid dienone is 6. The molecule has 0 radical (unpaired) electrons. The van der Waals surface area contributed by atoms with Crippen molar-refractivity contribution in [3.8, 4) is 5.75 Å². The largest absolute Gasteiger partial charge is 0.507 e. The molecule has 4 unspecified atom stereocenters. The van der Waals surface area contributed by atoms with Gasteiger partial charge in [0.1, 0.15) is 5.75 Å². The van der Waals surface area contributed by atoms with E-state index < -0.39 is 76.2 Å².